The highest BCUT2D eigenvalue weighted by atomic mass is 32.2. The van der Waals surface area contributed by atoms with Gasteiger partial charge >= 0.3 is 0 Å². The number of imidazole rings is 1. The average molecular weight is 353 g/mol. The maximum Gasteiger partial charge on any atom is 0.251 e. The first-order valence-electron chi connectivity index (χ1n) is 8.66. The Morgan fingerprint density at radius 2 is 1.92 bits per heavy atom. The molecule has 0 saturated heterocycles. The zero-order valence-corrected chi connectivity index (χ0v) is 15.4. The highest BCUT2D eigenvalue weighted by molar-refractivity contribution is 7.98. The van der Waals surface area contributed by atoms with Gasteiger partial charge in [-0.3, -0.25) is 4.79 Å². The van der Waals surface area contributed by atoms with Crippen molar-refractivity contribution in [1.82, 2.24) is 14.7 Å². The molecule has 0 unspecified atom stereocenters. The molecule has 0 aliphatic carbocycles. The first-order valence-corrected chi connectivity index (χ1v) is 9.64. The number of hydrogen-bond acceptors (Lipinski definition) is 3. The van der Waals surface area contributed by atoms with Crippen LogP contribution in [0, 0.1) is 0 Å². The van der Waals surface area contributed by atoms with Crippen molar-refractivity contribution in [3.63, 3.8) is 0 Å². The molecule has 25 heavy (non-hydrogen) atoms. The van der Waals surface area contributed by atoms with Gasteiger partial charge in [-0.25, -0.2) is 4.98 Å². The number of nitrogens with zero attached hydrogens (tertiary/aromatic N) is 2. The second-order valence-electron chi connectivity index (χ2n) is 6.00. The van der Waals surface area contributed by atoms with Crippen molar-refractivity contribution < 1.29 is 4.79 Å². The van der Waals surface area contributed by atoms with Crippen LogP contribution in [0.3, 0.4) is 0 Å². The zero-order valence-electron chi connectivity index (χ0n) is 14.6. The lowest BCUT2D eigenvalue weighted by Crippen LogP contribution is -2.33. The van der Waals surface area contributed by atoms with Crippen molar-refractivity contribution in [1.29, 1.82) is 0 Å². The summed E-state index contributed by atoms with van der Waals surface area (Å²) in [7, 11) is 0. The molecule has 130 valence electrons. The van der Waals surface area contributed by atoms with E-state index in [-0.39, 0.29) is 11.9 Å². The van der Waals surface area contributed by atoms with Gasteiger partial charge in [0.15, 0.2) is 0 Å². The molecule has 0 bridgehead atoms. The van der Waals surface area contributed by atoms with Gasteiger partial charge < -0.3 is 9.72 Å². The van der Waals surface area contributed by atoms with E-state index in [1.165, 1.54) is 0 Å². The molecule has 1 aromatic carbocycles. The summed E-state index contributed by atoms with van der Waals surface area (Å²) in [6.45, 7) is 4.18. The van der Waals surface area contributed by atoms with Crippen LogP contribution < -0.4 is 5.32 Å². The normalized spacial score (nSPS) is 11.2. The number of aromatic nitrogens is 2. The third kappa shape index (κ3) is 4.42. The van der Waals surface area contributed by atoms with Gasteiger partial charge in [-0.2, -0.15) is 0 Å². The molecule has 0 fully saturated rings. The number of hydrogen-bond donors (Lipinski definition) is 1. The Morgan fingerprint density at radius 1 is 1.16 bits per heavy atom. The highest BCUT2D eigenvalue weighted by Crippen LogP contribution is 2.23. The molecule has 4 nitrogen and oxygen atoms in total. The van der Waals surface area contributed by atoms with Crippen LogP contribution in [-0.4, -0.2) is 21.3 Å². The summed E-state index contributed by atoms with van der Waals surface area (Å²) >= 11 is 1.72. The average Bonchev–Trinajstić information content (AvgIpc) is 3.07. The van der Waals surface area contributed by atoms with E-state index in [0.29, 0.717) is 5.56 Å². The molecule has 3 rings (SSSR count). The van der Waals surface area contributed by atoms with Gasteiger partial charge in [0.05, 0.1) is 5.69 Å². The standard InChI is InChI=1S/C20H23N3OS/c1-3-16(4-2)22-20(24)15-8-10-18(11-9-15)25-14-17-13-23-12-6-5-7-19(23)21-17/h5-13,16H,3-4,14H2,1-2H3,(H,22,24). The van der Waals surface area contributed by atoms with Gasteiger partial charge in [0.1, 0.15) is 5.65 Å². The van der Waals surface area contributed by atoms with Crippen LogP contribution in [0.1, 0.15) is 42.7 Å². The summed E-state index contributed by atoms with van der Waals surface area (Å²) in [6, 6.07) is 14.0. The van der Waals surface area contributed by atoms with Crippen molar-refractivity contribution >= 4 is 23.3 Å². The largest absolute Gasteiger partial charge is 0.349 e. The molecule has 1 N–H and O–H groups in total. The summed E-state index contributed by atoms with van der Waals surface area (Å²) in [5.74, 6) is 0.812. The van der Waals surface area contributed by atoms with Gasteiger partial charge in [-0.1, -0.05) is 19.9 Å². The Labute approximate surface area is 152 Å². The number of carbonyl (C=O) groups excluding carboxylic acids is 1. The van der Waals surface area contributed by atoms with E-state index in [9.17, 15) is 4.79 Å². The minimum atomic E-state index is 0.00519. The number of nitrogens with one attached hydrogen (secondary N) is 1. The van der Waals surface area contributed by atoms with E-state index in [0.717, 1.165) is 34.8 Å². The number of benzene rings is 1. The van der Waals surface area contributed by atoms with Crippen molar-refractivity contribution in [3.05, 3.63) is 66.1 Å². The molecule has 0 spiro atoms. The third-order valence-electron chi connectivity index (χ3n) is 4.24. The summed E-state index contributed by atoms with van der Waals surface area (Å²) in [5.41, 5.74) is 2.72. The van der Waals surface area contributed by atoms with Crippen molar-refractivity contribution in [3.8, 4) is 0 Å². The number of fused-ring (bicyclic) bond motifs is 1. The Hall–Kier alpha value is -2.27. The smallest absolute Gasteiger partial charge is 0.251 e. The van der Waals surface area contributed by atoms with E-state index in [1.54, 1.807) is 11.8 Å². The Morgan fingerprint density at radius 3 is 2.60 bits per heavy atom. The number of carbonyl (C=O) groups is 1. The molecule has 0 saturated carbocycles. The van der Waals surface area contributed by atoms with Crippen LogP contribution in [0.15, 0.2) is 59.8 Å². The third-order valence-corrected chi connectivity index (χ3v) is 5.28. The minimum Gasteiger partial charge on any atom is -0.349 e. The molecule has 0 aliphatic rings. The molecule has 0 atom stereocenters. The predicted molar refractivity (Wildman–Crippen MR) is 103 cm³/mol. The Balaban J connectivity index is 1.59. The van der Waals surface area contributed by atoms with Gasteiger partial charge in [0.25, 0.3) is 5.91 Å². The predicted octanol–water partition coefficient (Wildman–Crippen LogP) is 4.55. The van der Waals surface area contributed by atoms with E-state index < -0.39 is 0 Å². The zero-order chi connectivity index (χ0) is 17.6. The summed E-state index contributed by atoms with van der Waals surface area (Å²) in [4.78, 5) is 18.0. The summed E-state index contributed by atoms with van der Waals surface area (Å²) in [5, 5.41) is 3.07. The Kier molecular flexibility index (Phi) is 5.76. The van der Waals surface area contributed by atoms with Crippen LogP contribution in [0.4, 0.5) is 0 Å². The second-order valence-corrected chi connectivity index (χ2v) is 7.05. The summed E-state index contributed by atoms with van der Waals surface area (Å²) in [6.07, 6.45) is 5.97. The van der Waals surface area contributed by atoms with Crippen LogP contribution in [0.2, 0.25) is 0 Å². The van der Waals surface area contributed by atoms with E-state index in [4.69, 9.17) is 0 Å². The monoisotopic (exact) mass is 353 g/mol. The highest BCUT2D eigenvalue weighted by Gasteiger charge is 2.10. The van der Waals surface area contributed by atoms with Crippen LogP contribution >= 0.6 is 11.8 Å². The van der Waals surface area contributed by atoms with Crippen molar-refractivity contribution in [2.24, 2.45) is 0 Å². The molecule has 0 radical (unpaired) electrons. The topological polar surface area (TPSA) is 46.4 Å². The van der Waals surface area contributed by atoms with Gasteiger partial charge in [-0.05, 0) is 49.2 Å². The van der Waals surface area contributed by atoms with Crippen LogP contribution in [-0.2, 0) is 5.75 Å². The van der Waals surface area contributed by atoms with Gasteiger partial charge in [0, 0.05) is 34.6 Å². The molecular formula is C20H23N3OS. The molecule has 5 heteroatoms. The fraction of sp³-hybridized carbons (Fsp3) is 0.300. The maximum atomic E-state index is 12.2. The minimum absolute atomic E-state index is 0.00519. The number of thioether (sulfide) groups is 1. The molecule has 1 amide bonds. The van der Waals surface area contributed by atoms with Crippen LogP contribution in [0.5, 0.6) is 0 Å². The summed E-state index contributed by atoms with van der Waals surface area (Å²) < 4.78 is 2.03. The fourth-order valence-electron chi connectivity index (χ4n) is 2.68. The lowest BCUT2D eigenvalue weighted by molar-refractivity contribution is 0.0935. The van der Waals surface area contributed by atoms with Crippen molar-refractivity contribution in [2.45, 2.75) is 43.4 Å². The molecule has 2 heterocycles. The number of amides is 1. The molecule has 0 aliphatic heterocycles. The Bertz CT molecular complexity index is 805. The van der Waals surface area contributed by atoms with Gasteiger partial charge in [0.2, 0.25) is 0 Å². The van der Waals surface area contributed by atoms with E-state index >= 15 is 0 Å². The van der Waals surface area contributed by atoms with Crippen molar-refractivity contribution in [2.75, 3.05) is 0 Å². The first-order chi connectivity index (χ1) is 12.2. The quantitative estimate of drug-likeness (QED) is 0.634. The molecular weight excluding hydrogens is 330 g/mol. The number of pyridine rings is 1. The lowest BCUT2D eigenvalue weighted by Gasteiger charge is -2.14. The first kappa shape index (κ1) is 17.5. The van der Waals surface area contributed by atoms with Gasteiger partial charge in [-0.15, -0.1) is 11.8 Å². The van der Waals surface area contributed by atoms with E-state index in [1.807, 2.05) is 53.1 Å². The van der Waals surface area contributed by atoms with Crippen LogP contribution in [0.25, 0.3) is 5.65 Å². The number of rotatable bonds is 7. The second kappa shape index (κ2) is 8.21. The maximum absolute atomic E-state index is 12.2. The molecule has 3 aromatic rings. The lowest BCUT2D eigenvalue weighted by atomic mass is 10.1. The van der Waals surface area contributed by atoms with E-state index in [2.05, 4.69) is 30.3 Å². The fourth-order valence-corrected chi connectivity index (χ4v) is 3.46. The SMILES string of the molecule is CCC(CC)NC(=O)c1ccc(SCc2cn3ccccc3n2)cc1. The molecule has 2 aromatic heterocycles.